The molecular weight excluding hydrogens is 363 g/mol. The molecule has 0 aliphatic carbocycles. The number of rotatable bonds is 4. The Labute approximate surface area is 158 Å². The van der Waals surface area contributed by atoms with E-state index in [0.29, 0.717) is 44.8 Å². The Hall–Kier alpha value is -3.74. The van der Waals surface area contributed by atoms with Crippen LogP contribution in [0.5, 0.6) is 5.75 Å². The van der Waals surface area contributed by atoms with Gasteiger partial charge in [0, 0.05) is 41.2 Å². The highest BCUT2D eigenvalue weighted by Gasteiger charge is 2.25. The van der Waals surface area contributed by atoms with E-state index >= 15 is 0 Å². The number of aromatic nitrogens is 2. The Morgan fingerprint density at radius 1 is 1.14 bits per heavy atom. The van der Waals surface area contributed by atoms with Gasteiger partial charge < -0.3 is 14.2 Å². The number of hydrogen-bond acceptors (Lipinski definition) is 5. The number of nitrogens with zero attached hydrogens (tertiary/aromatic N) is 1. The lowest BCUT2D eigenvalue weighted by Gasteiger charge is -2.03. The molecule has 0 aliphatic heterocycles. The largest absolute Gasteiger partial charge is 0.427 e. The molecule has 0 aliphatic rings. The van der Waals surface area contributed by atoms with Crippen LogP contribution in [0.1, 0.15) is 28.6 Å². The Bertz CT molecular complexity index is 1210. The lowest BCUT2D eigenvalue weighted by atomic mass is 9.98. The number of ether oxygens (including phenoxy) is 1. The first kappa shape index (κ1) is 17.7. The predicted octanol–water partition coefficient (Wildman–Crippen LogP) is 4.43. The number of aromatic amines is 1. The normalized spacial score (nSPS) is 11.0. The molecule has 2 aromatic heterocycles. The maximum atomic E-state index is 13.2. The molecule has 0 bridgehead atoms. The van der Waals surface area contributed by atoms with E-state index in [1.165, 1.54) is 19.1 Å². The van der Waals surface area contributed by atoms with E-state index in [1.807, 2.05) is 0 Å². The summed E-state index contributed by atoms with van der Waals surface area (Å²) < 4.78 is 23.5. The molecule has 2 heterocycles. The van der Waals surface area contributed by atoms with E-state index in [9.17, 15) is 14.0 Å². The van der Waals surface area contributed by atoms with Crippen molar-refractivity contribution < 1.29 is 23.2 Å². The molecule has 28 heavy (non-hydrogen) atoms. The van der Waals surface area contributed by atoms with Crippen molar-refractivity contribution in [2.75, 3.05) is 0 Å². The molecule has 0 fully saturated rings. The first-order valence-electron chi connectivity index (χ1n) is 8.50. The monoisotopic (exact) mass is 378 g/mol. The van der Waals surface area contributed by atoms with E-state index in [-0.39, 0.29) is 11.6 Å². The van der Waals surface area contributed by atoms with Crippen molar-refractivity contribution in [2.45, 2.75) is 13.8 Å². The van der Waals surface area contributed by atoms with E-state index in [4.69, 9.17) is 9.26 Å². The lowest BCUT2D eigenvalue weighted by molar-refractivity contribution is -0.131. The number of nitrogens with one attached hydrogen (secondary N) is 1. The Kier molecular flexibility index (Phi) is 4.27. The SMILES string of the molecule is CC(=O)Oc1ccc2c(C(=O)c3c(-c4ccc(F)cc4)noc3C)c[nH]c2c1. The zero-order valence-electron chi connectivity index (χ0n) is 15.1. The first-order valence-corrected chi connectivity index (χ1v) is 8.50. The number of ketones is 1. The topological polar surface area (TPSA) is 85.2 Å². The molecule has 2 aromatic carbocycles. The molecule has 0 spiro atoms. The van der Waals surface area contributed by atoms with Crippen molar-refractivity contribution in [1.29, 1.82) is 0 Å². The lowest BCUT2D eigenvalue weighted by Crippen LogP contribution is -2.03. The van der Waals surface area contributed by atoms with Gasteiger partial charge >= 0.3 is 5.97 Å². The highest BCUT2D eigenvalue weighted by molar-refractivity contribution is 6.19. The summed E-state index contributed by atoms with van der Waals surface area (Å²) in [7, 11) is 0. The second-order valence-corrected chi connectivity index (χ2v) is 6.30. The molecule has 0 radical (unpaired) electrons. The minimum absolute atomic E-state index is 0.274. The minimum Gasteiger partial charge on any atom is -0.427 e. The number of carbonyl (C=O) groups is 2. The van der Waals surface area contributed by atoms with E-state index < -0.39 is 5.97 Å². The minimum atomic E-state index is -0.425. The van der Waals surface area contributed by atoms with Crippen LogP contribution in [0, 0.1) is 12.7 Å². The van der Waals surface area contributed by atoms with Crippen LogP contribution >= 0.6 is 0 Å². The van der Waals surface area contributed by atoms with Gasteiger partial charge in [-0.05, 0) is 43.3 Å². The summed E-state index contributed by atoms with van der Waals surface area (Å²) in [5.41, 5.74) is 2.34. The number of esters is 1. The second kappa shape index (κ2) is 6.77. The zero-order chi connectivity index (χ0) is 19.8. The van der Waals surface area contributed by atoms with Crippen LogP contribution < -0.4 is 4.74 Å². The first-order chi connectivity index (χ1) is 13.4. The molecule has 140 valence electrons. The summed E-state index contributed by atoms with van der Waals surface area (Å²) in [6.45, 7) is 2.97. The van der Waals surface area contributed by atoms with Crippen molar-refractivity contribution in [1.82, 2.24) is 10.1 Å². The number of fused-ring (bicyclic) bond motifs is 1. The van der Waals surface area contributed by atoms with Crippen LogP contribution in [0.2, 0.25) is 0 Å². The average Bonchev–Trinajstić information content (AvgIpc) is 3.24. The maximum absolute atomic E-state index is 13.2. The van der Waals surface area contributed by atoms with Crippen molar-refractivity contribution in [3.63, 3.8) is 0 Å². The van der Waals surface area contributed by atoms with Crippen molar-refractivity contribution in [3.8, 4) is 17.0 Å². The molecule has 1 N–H and O–H groups in total. The number of hydrogen-bond donors (Lipinski definition) is 1. The van der Waals surface area contributed by atoms with E-state index in [2.05, 4.69) is 10.1 Å². The second-order valence-electron chi connectivity index (χ2n) is 6.30. The number of benzene rings is 2. The van der Waals surface area contributed by atoms with Crippen LogP contribution in [0.25, 0.3) is 22.2 Å². The molecule has 4 aromatic rings. The Balaban J connectivity index is 1.77. The highest BCUT2D eigenvalue weighted by atomic mass is 19.1. The molecular formula is C21H15FN2O4. The fourth-order valence-corrected chi connectivity index (χ4v) is 3.10. The predicted molar refractivity (Wildman–Crippen MR) is 99.7 cm³/mol. The highest BCUT2D eigenvalue weighted by Crippen LogP contribution is 2.31. The van der Waals surface area contributed by atoms with Crippen LogP contribution in [0.3, 0.4) is 0 Å². The Morgan fingerprint density at radius 3 is 2.61 bits per heavy atom. The summed E-state index contributed by atoms with van der Waals surface area (Å²) in [4.78, 5) is 27.4. The summed E-state index contributed by atoms with van der Waals surface area (Å²) in [6.07, 6.45) is 1.59. The number of halogens is 1. The molecule has 0 saturated heterocycles. The third-order valence-corrected chi connectivity index (χ3v) is 4.37. The fraction of sp³-hybridized carbons (Fsp3) is 0.0952. The molecule has 4 rings (SSSR count). The van der Waals surface area contributed by atoms with Gasteiger partial charge in [0.1, 0.15) is 23.0 Å². The molecule has 0 atom stereocenters. The van der Waals surface area contributed by atoms with Crippen molar-refractivity contribution >= 4 is 22.7 Å². The van der Waals surface area contributed by atoms with Gasteiger partial charge in [-0.3, -0.25) is 9.59 Å². The smallest absolute Gasteiger partial charge is 0.308 e. The van der Waals surface area contributed by atoms with E-state index in [0.717, 1.165) is 0 Å². The van der Waals surface area contributed by atoms with Gasteiger partial charge in [0.2, 0.25) is 5.78 Å². The third kappa shape index (κ3) is 3.07. The molecule has 6 nitrogen and oxygen atoms in total. The van der Waals surface area contributed by atoms with Crippen molar-refractivity contribution in [3.05, 3.63) is 71.4 Å². The van der Waals surface area contributed by atoms with Gasteiger partial charge in [-0.1, -0.05) is 5.16 Å². The molecule has 7 heteroatoms. The fourth-order valence-electron chi connectivity index (χ4n) is 3.10. The van der Waals surface area contributed by atoms with Crippen molar-refractivity contribution in [2.24, 2.45) is 0 Å². The van der Waals surface area contributed by atoms with Crippen LogP contribution in [-0.2, 0) is 4.79 Å². The average molecular weight is 378 g/mol. The summed E-state index contributed by atoms with van der Waals surface area (Å²) in [5, 5.41) is 4.66. The van der Waals surface area contributed by atoms with E-state index in [1.54, 1.807) is 43.5 Å². The quantitative estimate of drug-likeness (QED) is 0.323. The number of aryl methyl sites for hydroxylation is 1. The van der Waals surface area contributed by atoms with Gasteiger partial charge in [-0.25, -0.2) is 4.39 Å². The van der Waals surface area contributed by atoms with Gasteiger partial charge in [-0.15, -0.1) is 0 Å². The molecule has 0 amide bonds. The van der Waals surface area contributed by atoms with Gasteiger partial charge in [0.25, 0.3) is 0 Å². The summed E-state index contributed by atoms with van der Waals surface area (Å²) >= 11 is 0. The van der Waals surface area contributed by atoms with Crippen LogP contribution in [0.15, 0.2) is 53.2 Å². The summed E-state index contributed by atoms with van der Waals surface area (Å²) in [5.74, 6) is -0.322. The van der Waals surface area contributed by atoms with Crippen LogP contribution in [-0.4, -0.2) is 21.9 Å². The summed E-state index contributed by atoms with van der Waals surface area (Å²) in [6, 6.07) is 10.7. The zero-order valence-corrected chi connectivity index (χ0v) is 15.1. The standard InChI is InChI=1S/C21H15FN2O4/c1-11-19(20(24-28-11)13-3-5-14(22)6-4-13)21(26)17-10-23-18-9-15(27-12(2)25)7-8-16(17)18/h3-10,23H,1-2H3. The maximum Gasteiger partial charge on any atom is 0.308 e. The van der Waals surface area contributed by atoms with Gasteiger partial charge in [-0.2, -0.15) is 0 Å². The molecule has 0 unspecified atom stereocenters. The third-order valence-electron chi connectivity index (χ3n) is 4.37. The van der Waals surface area contributed by atoms with Gasteiger partial charge in [0.05, 0.1) is 5.56 Å². The number of carbonyl (C=O) groups excluding carboxylic acids is 2. The van der Waals surface area contributed by atoms with Gasteiger partial charge in [0.15, 0.2) is 0 Å². The van der Waals surface area contributed by atoms with Crippen LogP contribution in [0.4, 0.5) is 4.39 Å². The number of H-pyrrole nitrogens is 1. The Morgan fingerprint density at radius 2 is 1.89 bits per heavy atom. The molecule has 0 saturated carbocycles.